The molecule has 1 atom stereocenters. The van der Waals surface area contributed by atoms with Crippen LogP contribution in [0.3, 0.4) is 0 Å². The number of carbonyl (C=O) groups is 2. The van der Waals surface area contributed by atoms with Gasteiger partial charge in [-0.25, -0.2) is 0 Å². The van der Waals surface area contributed by atoms with Crippen LogP contribution in [0.2, 0.25) is 10.0 Å². The number of hydrogen-bond acceptors (Lipinski definition) is 4. The molecule has 1 heterocycles. The number of rotatable bonds is 6. The van der Waals surface area contributed by atoms with Crippen LogP contribution in [0.4, 0.5) is 0 Å². The molecule has 1 fully saturated rings. The Morgan fingerprint density at radius 3 is 2.43 bits per heavy atom. The van der Waals surface area contributed by atoms with E-state index in [-0.39, 0.29) is 16.4 Å². The number of hydrogen-bond donors (Lipinski definition) is 1. The number of benzene rings is 2. The van der Waals surface area contributed by atoms with Crippen molar-refractivity contribution >= 4 is 40.7 Å². The van der Waals surface area contributed by atoms with Crippen LogP contribution >= 0.6 is 23.2 Å². The number of halogens is 2. The molecule has 0 aromatic heterocycles. The molecule has 158 valence electrons. The van der Waals surface area contributed by atoms with E-state index >= 15 is 0 Å². The van der Waals surface area contributed by atoms with Crippen molar-refractivity contribution in [3.63, 3.8) is 0 Å². The molecule has 1 amide bonds. The molecule has 1 aliphatic rings. The minimum absolute atomic E-state index is 0.0672. The Labute approximate surface area is 186 Å². The van der Waals surface area contributed by atoms with Crippen LogP contribution in [0.5, 0.6) is 0 Å². The van der Waals surface area contributed by atoms with Gasteiger partial charge in [0, 0.05) is 12.1 Å². The van der Waals surface area contributed by atoms with Gasteiger partial charge in [0.2, 0.25) is 0 Å². The lowest BCUT2D eigenvalue weighted by atomic mass is 9.92. The van der Waals surface area contributed by atoms with Crippen LogP contribution in [-0.4, -0.2) is 53.8 Å². The lowest BCUT2D eigenvalue weighted by Gasteiger charge is -2.27. The van der Waals surface area contributed by atoms with Gasteiger partial charge in [0.25, 0.3) is 11.7 Å². The predicted octanol–water partition coefficient (Wildman–Crippen LogP) is 4.68. The Morgan fingerprint density at radius 2 is 1.80 bits per heavy atom. The van der Waals surface area contributed by atoms with E-state index in [1.807, 2.05) is 50.2 Å². The molecular weight excluding hydrogens is 423 g/mol. The molecule has 0 bridgehead atoms. The molecule has 3 rings (SSSR count). The zero-order chi connectivity index (χ0) is 22.0. The molecule has 5 nitrogen and oxygen atoms in total. The average Bonchev–Trinajstić information content (AvgIpc) is 2.94. The van der Waals surface area contributed by atoms with Crippen molar-refractivity contribution in [2.75, 3.05) is 27.2 Å². The van der Waals surface area contributed by atoms with E-state index in [0.29, 0.717) is 23.6 Å². The van der Waals surface area contributed by atoms with Gasteiger partial charge in [-0.3, -0.25) is 9.59 Å². The van der Waals surface area contributed by atoms with Gasteiger partial charge >= 0.3 is 0 Å². The molecule has 30 heavy (non-hydrogen) atoms. The molecule has 0 aliphatic carbocycles. The van der Waals surface area contributed by atoms with Crippen LogP contribution in [-0.2, 0) is 9.59 Å². The number of Topliss-reactive ketones (excluding diaryl/α,β-unsaturated/α-hetero) is 1. The fraction of sp³-hybridized carbons (Fsp3) is 0.304. The van der Waals surface area contributed by atoms with Crippen LogP contribution in [0.15, 0.2) is 48.0 Å². The van der Waals surface area contributed by atoms with Gasteiger partial charge in [0.1, 0.15) is 5.76 Å². The van der Waals surface area contributed by atoms with E-state index in [2.05, 4.69) is 0 Å². The minimum atomic E-state index is -0.698. The first-order valence-corrected chi connectivity index (χ1v) is 10.4. The number of aliphatic hydroxyl groups excluding tert-OH is 1. The molecule has 2 aromatic carbocycles. The maximum Gasteiger partial charge on any atom is 0.295 e. The first-order valence-electron chi connectivity index (χ1n) is 9.66. The Morgan fingerprint density at radius 1 is 1.10 bits per heavy atom. The Balaban J connectivity index is 2.13. The van der Waals surface area contributed by atoms with Crippen LogP contribution in [0.1, 0.15) is 29.2 Å². The third kappa shape index (κ3) is 4.38. The summed E-state index contributed by atoms with van der Waals surface area (Å²) < 4.78 is 0. The van der Waals surface area contributed by atoms with Crippen molar-refractivity contribution in [2.45, 2.75) is 19.4 Å². The van der Waals surface area contributed by atoms with Crippen molar-refractivity contribution in [3.8, 4) is 0 Å². The number of likely N-dealkylation sites (tertiary alicyclic amines) is 1. The minimum Gasteiger partial charge on any atom is -0.507 e. The lowest BCUT2D eigenvalue weighted by molar-refractivity contribution is -0.139. The number of aliphatic hydroxyl groups is 1. The summed E-state index contributed by atoms with van der Waals surface area (Å²) in [6, 6.07) is 11.5. The van der Waals surface area contributed by atoms with E-state index in [4.69, 9.17) is 23.2 Å². The van der Waals surface area contributed by atoms with Crippen molar-refractivity contribution in [2.24, 2.45) is 0 Å². The van der Waals surface area contributed by atoms with Crippen LogP contribution in [0.25, 0.3) is 5.76 Å². The zero-order valence-electron chi connectivity index (χ0n) is 17.2. The fourth-order valence-corrected chi connectivity index (χ4v) is 3.98. The Bertz CT molecular complexity index is 1020. The van der Waals surface area contributed by atoms with E-state index in [0.717, 1.165) is 17.7 Å². The van der Waals surface area contributed by atoms with Crippen LogP contribution < -0.4 is 0 Å². The second-order valence-electron chi connectivity index (χ2n) is 7.63. The summed E-state index contributed by atoms with van der Waals surface area (Å²) in [5.41, 5.74) is 2.15. The smallest absolute Gasteiger partial charge is 0.295 e. The zero-order valence-corrected chi connectivity index (χ0v) is 18.7. The molecule has 1 unspecified atom stereocenters. The van der Waals surface area contributed by atoms with Gasteiger partial charge in [-0.15, -0.1) is 0 Å². The highest BCUT2D eigenvalue weighted by molar-refractivity contribution is 6.47. The number of amides is 1. The predicted molar refractivity (Wildman–Crippen MR) is 120 cm³/mol. The fourth-order valence-electron chi connectivity index (χ4n) is 3.68. The first-order chi connectivity index (χ1) is 14.2. The van der Waals surface area contributed by atoms with E-state index in [1.165, 1.54) is 6.07 Å². The number of carbonyl (C=O) groups excluding carboxylic acids is 2. The maximum absolute atomic E-state index is 13.0. The molecule has 2 aromatic rings. The maximum atomic E-state index is 13.0. The monoisotopic (exact) mass is 446 g/mol. The van der Waals surface area contributed by atoms with E-state index < -0.39 is 17.7 Å². The highest BCUT2D eigenvalue weighted by atomic mass is 35.5. The van der Waals surface area contributed by atoms with Crippen molar-refractivity contribution in [3.05, 3.63) is 74.8 Å². The van der Waals surface area contributed by atoms with E-state index in [1.54, 1.807) is 17.0 Å². The standard InChI is InChI=1S/C23H24Cl2N2O3/c1-14-7-4-5-8-16(14)20-19(21(28)15-9-10-17(24)18(25)13-15)22(29)23(30)27(20)12-6-11-26(2)3/h4-5,7-10,13,20,28H,6,11-12H2,1-3H3/b21-19+. The Kier molecular flexibility index (Phi) is 6.86. The summed E-state index contributed by atoms with van der Waals surface area (Å²) in [4.78, 5) is 29.5. The Hall–Kier alpha value is -2.34. The summed E-state index contributed by atoms with van der Waals surface area (Å²) >= 11 is 12.1. The van der Waals surface area contributed by atoms with Gasteiger partial charge in [-0.2, -0.15) is 0 Å². The number of nitrogens with zero attached hydrogens (tertiary/aromatic N) is 2. The summed E-state index contributed by atoms with van der Waals surface area (Å²) in [5, 5.41) is 11.6. The molecule has 0 radical (unpaired) electrons. The van der Waals surface area contributed by atoms with Gasteiger partial charge in [-0.1, -0.05) is 47.5 Å². The van der Waals surface area contributed by atoms with Gasteiger partial charge in [-0.05, 0) is 63.3 Å². The van der Waals surface area contributed by atoms with Crippen molar-refractivity contribution in [1.29, 1.82) is 0 Å². The lowest BCUT2D eigenvalue weighted by Crippen LogP contribution is -2.32. The van der Waals surface area contributed by atoms with Crippen molar-refractivity contribution in [1.82, 2.24) is 9.80 Å². The molecule has 0 spiro atoms. The highest BCUT2D eigenvalue weighted by Gasteiger charge is 2.46. The molecule has 0 saturated carbocycles. The SMILES string of the molecule is Cc1ccccc1C1/C(=C(\O)c2ccc(Cl)c(Cl)c2)C(=O)C(=O)N1CCCN(C)C. The summed E-state index contributed by atoms with van der Waals surface area (Å²) in [7, 11) is 3.91. The summed E-state index contributed by atoms with van der Waals surface area (Å²) in [6.07, 6.45) is 0.704. The molecular formula is C23H24Cl2N2O3. The summed E-state index contributed by atoms with van der Waals surface area (Å²) in [5.74, 6) is -1.56. The quantitative estimate of drug-likeness (QED) is 0.397. The summed E-state index contributed by atoms with van der Waals surface area (Å²) in [6.45, 7) is 3.10. The molecule has 1 saturated heterocycles. The highest BCUT2D eigenvalue weighted by Crippen LogP contribution is 2.41. The number of ketones is 1. The second kappa shape index (κ2) is 9.21. The molecule has 7 heteroatoms. The molecule has 1 aliphatic heterocycles. The van der Waals surface area contributed by atoms with Gasteiger partial charge < -0.3 is 14.9 Å². The largest absolute Gasteiger partial charge is 0.507 e. The molecule has 1 N–H and O–H groups in total. The topological polar surface area (TPSA) is 60.9 Å². The average molecular weight is 447 g/mol. The van der Waals surface area contributed by atoms with Crippen LogP contribution in [0, 0.1) is 6.92 Å². The van der Waals surface area contributed by atoms with Gasteiger partial charge in [0.15, 0.2) is 0 Å². The van der Waals surface area contributed by atoms with E-state index in [9.17, 15) is 14.7 Å². The number of aryl methyl sites for hydroxylation is 1. The normalized spacial score (nSPS) is 18.5. The van der Waals surface area contributed by atoms with Crippen molar-refractivity contribution < 1.29 is 14.7 Å². The van der Waals surface area contributed by atoms with Gasteiger partial charge in [0.05, 0.1) is 21.7 Å². The first kappa shape index (κ1) is 22.3. The third-order valence-corrected chi connectivity index (χ3v) is 5.96. The third-order valence-electron chi connectivity index (χ3n) is 5.22. The second-order valence-corrected chi connectivity index (χ2v) is 8.45.